The van der Waals surface area contributed by atoms with Gasteiger partial charge in [0.2, 0.25) is 0 Å². The van der Waals surface area contributed by atoms with Crippen LogP contribution in [0.3, 0.4) is 0 Å². The largest absolute Gasteiger partial charge is 0.388 e. The van der Waals surface area contributed by atoms with Gasteiger partial charge in [-0.25, -0.2) is 13.2 Å². The molecule has 0 radical (unpaired) electrons. The van der Waals surface area contributed by atoms with Gasteiger partial charge >= 0.3 is 0 Å². The van der Waals surface area contributed by atoms with Crippen molar-refractivity contribution in [2.24, 2.45) is 0 Å². The molecular formula is C8H8F3N. The summed E-state index contributed by atoms with van der Waals surface area (Å²) in [7, 11) is 1.59. The third kappa shape index (κ3) is 1.69. The van der Waals surface area contributed by atoms with Gasteiger partial charge in [-0.15, -0.1) is 0 Å². The Kier molecular flexibility index (Phi) is 2.58. The van der Waals surface area contributed by atoms with Crippen molar-refractivity contribution >= 4 is 5.69 Å². The molecule has 0 unspecified atom stereocenters. The zero-order chi connectivity index (χ0) is 9.14. The van der Waals surface area contributed by atoms with Gasteiger partial charge < -0.3 is 5.32 Å². The Morgan fingerprint density at radius 3 is 2.50 bits per heavy atom. The van der Waals surface area contributed by atoms with E-state index in [2.05, 4.69) is 5.32 Å². The minimum absolute atomic E-state index is 0.478. The fraction of sp³-hybridized carbons (Fsp3) is 0.250. The van der Waals surface area contributed by atoms with Crippen molar-refractivity contribution < 1.29 is 13.2 Å². The van der Waals surface area contributed by atoms with E-state index in [9.17, 15) is 13.2 Å². The SMILES string of the molecule is CNc1ccc(F)c(C(F)F)c1. The summed E-state index contributed by atoms with van der Waals surface area (Å²) in [5.74, 6) is -0.871. The third-order valence-electron chi connectivity index (χ3n) is 1.52. The highest BCUT2D eigenvalue weighted by molar-refractivity contribution is 5.45. The maximum atomic E-state index is 12.6. The molecule has 4 heteroatoms. The fourth-order valence-corrected chi connectivity index (χ4v) is 0.866. The van der Waals surface area contributed by atoms with Crippen molar-refractivity contribution in [2.75, 3.05) is 12.4 Å². The van der Waals surface area contributed by atoms with Crippen LogP contribution < -0.4 is 5.32 Å². The molecule has 0 heterocycles. The molecule has 0 fully saturated rings. The second-order valence-corrected chi connectivity index (χ2v) is 2.29. The van der Waals surface area contributed by atoms with Crippen molar-refractivity contribution in [3.8, 4) is 0 Å². The maximum Gasteiger partial charge on any atom is 0.266 e. The number of benzene rings is 1. The third-order valence-corrected chi connectivity index (χ3v) is 1.52. The summed E-state index contributed by atoms with van der Waals surface area (Å²) in [4.78, 5) is 0. The van der Waals surface area contributed by atoms with E-state index in [-0.39, 0.29) is 0 Å². The number of halogens is 3. The van der Waals surface area contributed by atoms with E-state index >= 15 is 0 Å². The highest BCUT2D eigenvalue weighted by Crippen LogP contribution is 2.24. The van der Waals surface area contributed by atoms with E-state index in [1.54, 1.807) is 7.05 Å². The van der Waals surface area contributed by atoms with Gasteiger partial charge in [-0.3, -0.25) is 0 Å². The van der Waals surface area contributed by atoms with Crippen LogP contribution in [0.1, 0.15) is 12.0 Å². The van der Waals surface area contributed by atoms with Gasteiger partial charge in [0.15, 0.2) is 0 Å². The summed E-state index contributed by atoms with van der Waals surface area (Å²) in [6.07, 6.45) is -2.77. The van der Waals surface area contributed by atoms with E-state index < -0.39 is 17.8 Å². The van der Waals surface area contributed by atoms with E-state index in [0.717, 1.165) is 12.1 Å². The Morgan fingerprint density at radius 1 is 1.33 bits per heavy atom. The van der Waals surface area contributed by atoms with Crippen molar-refractivity contribution in [1.82, 2.24) is 0 Å². The lowest BCUT2D eigenvalue weighted by Gasteiger charge is -2.04. The van der Waals surface area contributed by atoms with Crippen molar-refractivity contribution in [2.45, 2.75) is 6.43 Å². The molecule has 1 nitrogen and oxygen atoms in total. The summed E-state index contributed by atoms with van der Waals surface area (Å²) in [6, 6.07) is 3.52. The van der Waals surface area contributed by atoms with E-state index in [1.807, 2.05) is 0 Å². The molecule has 66 valence electrons. The second kappa shape index (κ2) is 3.47. The first kappa shape index (κ1) is 8.90. The molecule has 1 N–H and O–H groups in total. The van der Waals surface area contributed by atoms with E-state index in [4.69, 9.17) is 0 Å². The van der Waals surface area contributed by atoms with Crippen LogP contribution in [-0.4, -0.2) is 7.05 Å². The molecule has 12 heavy (non-hydrogen) atoms. The van der Waals surface area contributed by atoms with Gasteiger partial charge in [-0.2, -0.15) is 0 Å². The Morgan fingerprint density at radius 2 is 2.00 bits per heavy atom. The fourth-order valence-electron chi connectivity index (χ4n) is 0.866. The van der Waals surface area contributed by atoms with Crippen LogP contribution in [0.2, 0.25) is 0 Å². The molecule has 0 aliphatic rings. The molecule has 1 rings (SSSR count). The van der Waals surface area contributed by atoms with Crippen molar-refractivity contribution in [3.05, 3.63) is 29.6 Å². The van der Waals surface area contributed by atoms with E-state index in [1.165, 1.54) is 6.07 Å². The smallest absolute Gasteiger partial charge is 0.266 e. The normalized spacial score (nSPS) is 10.4. The Hall–Kier alpha value is -1.19. The second-order valence-electron chi connectivity index (χ2n) is 2.29. The molecule has 0 aromatic heterocycles. The van der Waals surface area contributed by atoms with Crippen LogP contribution in [0.4, 0.5) is 18.9 Å². The minimum atomic E-state index is -2.77. The van der Waals surface area contributed by atoms with Gasteiger partial charge in [0.1, 0.15) is 5.82 Å². The summed E-state index contributed by atoms with van der Waals surface area (Å²) >= 11 is 0. The minimum Gasteiger partial charge on any atom is -0.388 e. The van der Waals surface area contributed by atoms with Gasteiger partial charge in [0.25, 0.3) is 6.43 Å². The van der Waals surface area contributed by atoms with Crippen LogP contribution in [0.15, 0.2) is 18.2 Å². The maximum absolute atomic E-state index is 12.6. The lowest BCUT2D eigenvalue weighted by molar-refractivity contribution is 0.146. The summed E-state index contributed by atoms with van der Waals surface area (Å²) in [5.41, 5.74) is -0.0893. The zero-order valence-corrected chi connectivity index (χ0v) is 6.44. The molecule has 0 saturated carbocycles. The van der Waals surface area contributed by atoms with Crippen molar-refractivity contribution in [3.63, 3.8) is 0 Å². The topological polar surface area (TPSA) is 12.0 Å². The zero-order valence-electron chi connectivity index (χ0n) is 6.44. The summed E-state index contributed by atoms with van der Waals surface area (Å²) < 4.78 is 36.8. The van der Waals surface area contributed by atoms with Gasteiger partial charge in [0, 0.05) is 12.7 Å². The van der Waals surface area contributed by atoms with Crippen LogP contribution in [-0.2, 0) is 0 Å². The average Bonchev–Trinajstić information content (AvgIpc) is 2.05. The molecule has 0 atom stereocenters. The van der Waals surface area contributed by atoms with E-state index in [0.29, 0.717) is 5.69 Å². The van der Waals surface area contributed by atoms with Gasteiger partial charge in [-0.1, -0.05) is 0 Å². The van der Waals surface area contributed by atoms with Crippen LogP contribution in [0, 0.1) is 5.82 Å². The molecule has 0 aliphatic heterocycles. The number of hydrogen-bond acceptors (Lipinski definition) is 1. The standard InChI is InChI=1S/C8H8F3N/c1-12-5-2-3-7(9)6(4-5)8(10)11/h2-4,8,12H,1H3. The highest BCUT2D eigenvalue weighted by atomic mass is 19.3. The van der Waals surface area contributed by atoms with Gasteiger partial charge in [0.05, 0.1) is 5.56 Å². The first-order chi connectivity index (χ1) is 5.65. The molecule has 0 spiro atoms. The first-order valence-electron chi connectivity index (χ1n) is 3.40. The Labute approximate surface area is 68.2 Å². The molecule has 0 aliphatic carbocycles. The number of hydrogen-bond donors (Lipinski definition) is 1. The Balaban J connectivity index is 3.08. The quantitative estimate of drug-likeness (QED) is 0.728. The number of anilines is 1. The van der Waals surface area contributed by atoms with Gasteiger partial charge in [-0.05, 0) is 18.2 Å². The monoisotopic (exact) mass is 175 g/mol. The number of alkyl halides is 2. The lowest BCUT2D eigenvalue weighted by Crippen LogP contribution is -1.94. The average molecular weight is 175 g/mol. The van der Waals surface area contributed by atoms with Crippen LogP contribution in [0.5, 0.6) is 0 Å². The number of nitrogens with one attached hydrogen (secondary N) is 1. The number of rotatable bonds is 2. The summed E-state index contributed by atoms with van der Waals surface area (Å²) in [6.45, 7) is 0. The first-order valence-corrected chi connectivity index (χ1v) is 3.40. The van der Waals surface area contributed by atoms with Crippen LogP contribution >= 0.6 is 0 Å². The Bertz CT molecular complexity index is 273. The summed E-state index contributed by atoms with van der Waals surface area (Å²) in [5, 5.41) is 2.65. The predicted octanol–water partition coefficient (Wildman–Crippen LogP) is 2.81. The molecule has 1 aromatic rings. The molecule has 0 amide bonds. The molecular weight excluding hydrogens is 167 g/mol. The highest BCUT2D eigenvalue weighted by Gasteiger charge is 2.12. The van der Waals surface area contributed by atoms with Crippen LogP contribution in [0.25, 0.3) is 0 Å². The molecule has 0 saturated heterocycles. The predicted molar refractivity (Wildman–Crippen MR) is 40.9 cm³/mol. The molecule has 1 aromatic carbocycles. The molecule has 0 bridgehead atoms. The van der Waals surface area contributed by atoms with Crippen molar-refractivity contribution in [1.29, 1.82) is 0 Å². The lowest BCUT2D eigenvalue weighted by atomic mass is 10.2.